The molecule has 110 valence electrons. The van der Waals surface area contributed by atoms with Crippen LogP contribution in [0, 0.1) is 0 Å². The molecule has 0 fully saturated rings. The second-order valence-corrected chi connectivity index (χ2v) is 5.44. The Kier molecular flexibility index (Phi) is 5.10. The molecular formula is C16H15Cl2NO2. The van der Waals surface area contributed by atoms with Gasteiger partial charge in [0.2, 0.25) is 0 Å². The van der Waals surface area contributed by atoms with E-state index < -0.39 is 0 Å². The van der Waals surface area contributed by atoms with Gasteiger partial charge in [-0.05, 0) is 30.3 Å². The minimum Gasteiger partial charge on any atom is -0.496 e. The summed E-state index contributed by atoms with van der Waals surface area (Å²) >= 11 is 12.1. The van der Waals surface area contributed by atoms with Gasteiger partial charge in [0.05, 0.1) is 17.7 Å². The summed E-state index contributed by atoms with van der Waals surface area (Å²) < 4.78 is 5.29. The second kappa shape index (κ2) is 6.83. The van der Waals surface area contributed by atoms with Gasteiger partial charge in [0.1, 0.15) is 5.75 Å². The summed E-state index contributed by atoms with van der Waals surface area (Å²) in [6.45, 7) is 0.383. The predicted octanol–water partition coefficient (Wildman–Crippen LogP) is 4.27. The number of ether oxygens (including phenoxy) is 1. The Morgan fingerprint density at radius 3 is 2.57 bits per heavy atom. The minimum absolute atomic E-state index is 0.150. The molecule has 2 aromatic carbocycles. The molecule has 3 nitrogen and oxygen atoms in total. The zero-order valence-electron chi connectivity index (χ0n) is 11.8. The summed E-state index contributed by atoms with van der Waals surface area (Å²) in [7, 11) is 3.30. The molecule has 0 N–H and O–H groups in total. The molecule has 0 aromatic heterocycles. The van der Waals surface area contributed by atoms with Crippen molar-refractivity contribution in [2.24, 2.45) is 0 Å². The van der Waals surface area contributed by atoms with Crippen molar-refractivity contribution in [1.82, 2.24) is 4.90 Å². The van der Waals surface area contributed by atoms with Crippen LogP contribution < -0.4 is 4.74 Å². The third kappa shape index (κ3) is 3.69. The van der Waals surface area contributed by atoms with Crippen molar-refractivity contribution in [2.75, 3.05) is 14.2 Å². The van der Waals surface area contributed by atoms with Crippen LogP contribution >= 0.6 is 23.2 Å². The van der Waals surface area contributed by atoms with Gasteiger partial charge in [-0.2, -0.15) is 0 Å². The third-order valence-electron chi connectivity index (χ3n) is 3.10. The third-order valence-corrected chi connectivity index (χ3v) is 3.67. The Labute approximate surface area is 134 Å². The van der Waals surface area contributed by atoms with Crippen molar-refractivity contribution in [1.29, 1.82) is 0 Å². The fourth-order valence-corrected chi connectivity index (χ4v) is 2.45. The molecule has 0 radical (unpaired) electrons. The molecule has 2 aromatic rings. The molecule has 0 saturated carbocycles. The zero-order valence-corrected chi connectivity index (χ0v) is 13.3. The molecule has 0 heterocycles. The fourth-order valence-electron chi connectivity index (χ4n) is 2.04. The highest BCUT2D eigenvalue weighted by Crippen LogP contribution is 2.25. The van der Waals surface area contributed by atoms with Crippen LogP contribution in [-0.4, -0.2) is 25.0 Å². The molecule has 0 spiro atoms. The number of nitrogens with zero attached hydrogens (tertiary/aromatic N) is 1. The van der Waals surface area contributed by atoms with E-state index in [4.69, 9.17) is 27.9 Å². The van der Waals surface area contributed by atoms with E-state index >= 15 is 0 Å². The first-order valence-electron chi connectivity index (χ1n) is 6.35. The number of hydrogen-bond acceptors (Lipinski definition) is 2. The Hall–Kier alpha value is -1.71. The van der Waals surface area contributed by atoms with E-state index in [0.717, 1.165) is 5.56 Å². The lowest BCUT2D eigenvalue weighted by molar-refractivity contribution is 0.0784. The molecule has 0 aliphatic carbocycles. The first-order valence-corrected chi connectivity index (χ1v) is 7.11. The Morgan fingerprint density at radius 2 is 1.90 bits per heavy atom. The molecule has 0 atom stereocenters. The maximum Gasteiger partial charge on any atom is 0.255 e. The highest BCUT2D eigenvalue weighted by atomic mass is 35.5. The fraction of sp³-hybridized carbons (Fsp3) is 0.188. The molecule has 0 aliphatic rings. The van der Waals surface area contributed by atoms with Crippen molar-refractivity contribution in [3.05, 3.63) is 63.6 Å². The van der Waals surface area contributed by atoms with Crippen LogP contribution in [0.1, 0.15) is 15.9 Å². The molecule has 0 saturated heterocycles. The van der Waals surface area contributed by atoms with Gasteiger partial charge in [0.25, 0.3) is 5.91 Å². The molecule has 2 rings (SSSR count). The Bertz CT molecular complexity index is 658. The first-order chi connectivity index (χ1) is 10.0. The van der Waals surface area contributed by atoms with Gasteiger partial charge in [-0.15, -0.1) is 0 Å². The van der Waals surface area contributed by atoms with E-state index in [0.29, 0.717) is 27.9 Å². The minimum atomic E-state index is -0.150. The number of carbonyl (C=O) groups is 1. The average molecular weight is 324 g/mol. The second-order valence-electron chi connectivity index (χ2n) is 4.60. The molecule has 0 bridgehead atoms. The molecule has 1 amide bonds. The van der Waals surface area contributed by atoms with E-state index in [1.165, 1.54) is 0 Å². The number of halogens is 2. The van der Waals surface area contributed by atoms with Gasteiger partial charge in [-0.1, -0.05) is 35.3 Å². The number of hydrogen-bond donors (Lipinski definition) is 0. The maximum absolute atomic E-state index is 12.4. The number of carbonyl (C=O) groups excluding carboxylic acids is 1. The normalized spacial score (nSPS) is 10.3. The summed E-state index contributed by atoms with van der Waals surface area (Å²) in [6, 6.07) is 12.3. The van der Waals surface area contributed by atoms with Crippen molar-refractivity contribution in [2.45, 2.75) is 6.54 Å². The van der Waals surface area contributed by atoms with Gasteiger partial charge in [0.15, 0.2) is 0 Å². The largest absolute Gasteiger partial charge is 0.496 e. The van der Waals surface area contributed by atoms with E-state index in [-0.39, 0.29) is 5.91 Å². The van der Waals surface area contributed by atoms with Crippen LogP contribution in [0.25, 0.3) is 0 Å². The number of benzene rings is 2. The number of amides is 1. The van der Waals surface area contributed by atoms with Gasteiger partial charge in [-0.25, -0.2) is 0 Å². The predicted molar refractivity (Wildman–Crippen MR) is 85.3 cm³/mol. The van der Waals surface area contributed by atoms with Crippen molar-refractivity contribution in [3.63, 3.8) is 0 Å². The standard InChI is InChI=1S/C16H15Cl2NO2/c1-19(16(20)13-5-3-4-6-14(13)18)10-11-9-12(17)7-8-15(11)21-2/h3-9H,10H2,1-2H3. The van der Waals surface area contributed by atoms with E-state index in [9.17, 15) is 4.79 Å². The summed E-state index contributed by atoms with van der Waals surface area (Å²) in [5, 5.41) is 1.04. The van der Waals surface area contributed by atoms with Crippen LogP contribution in [0.5, 0.6) is 5.75 Å². The van der Waals surface area contributed by atoms with Gasteiger partial charge in [-0.3, -0.25) is 4.79 Å². The lowest BCUT2D eigenvalue weighted by Crippen LogP contribution is -2.26. The van der Waals surface area contributed by atoms with Gasteiger partial charge in [0, 0.05) is 24.2 Å². The molecular weight excluding hydrogens is 309 g/mol. The summed E-state index contributed by atoms with van der Waals surface area (Å²) in [5.41, 5.74) is 1.32. The zero-order chi connectivity index (χ0) is 15.4. The van der Waals surface area contributed by atoms with E-state index in [2.05, 4.69) is 0 Å². The van der Waals surface area contributed by atoms with Crippen LogP contribution in [0.2, 0.25) is 10.0 Å². The van der Waals surface area contributed by atoms with Crippen molar-refractivity contribution in [3.8, 4) is 5.75 Å². The molecule has 21 heavy (non-hydrogen) atoms. The van der Waals surface area contributed by atoms with Crippen LogP contribution in [0.15, 0.2) is 42.5 Å². The van der Waals surface area contributed by atoms with E-state index in [1.807, 2.05) is 0 Å². The van der Waals surface area contributed by atoms with E-state index in [1.54, 1.807) is 61.5 Å². The average Bonchev–Trinajstić information content (AvgIpc) is 2.47. The van der Waals surface area contributed by atoms with Crippen LogP contribution in [0.4, 0.5) is 0 Å². The monoisotopic (exact) mass is 323 g/mol. The van der Waals surface area contributed by atoms with Crippen molar-refractivity contribution >= 4 is 29.1 Å². The molecule has 5 heteroatoms. The smallest absolute Gasteiger partial charge is 0.255 e. The van der Waals surface area contributed by atoms with Crippen LogP contribution in [0.3, 0.4) is 0 Å². The summed E-state index contributed by atoms with van der Waals surface area (Å²) in [5.74, 6) is 0.542. The first kappa shape index (κ1) is 15.7. The number of rotatable bonds is 4. The lowest BCUT2D eigenvalue weighted by Gasteiger charge is -2.19. The molecule has 0 unspecified atom stereocenters. The van der Waals surface area contributed by atoms with Crippen LogP contribution in [-0.2, 0) is 6.54 Å². The molecule has 0 aliphatic heterocycles. The highest BCUT2D eigenvalue weighted by molar-refractivity contribution is 6.33. The SMILES string of the molecule is COc1ccc(Cl)cc1CN(C)C(=O)c1ccccc1Cl. The topological polar surface area (TPSA) is 29.5 Å². The van der Waals surface area contributed by atoms with Gasteiger partial charge >= 0.3 is 0 Å². The van der Waals surface area contributed by atoms with Gasteiger partial charge < -0.3 is 9.64 Å². The maximum atomic E-state index is 12.4. The highest BCUT2D eigenvalue weighted by Gasteiger charge is 2.16. The lowest BCUT2D eigenvalue weighted by atomic mass is 10.1. The Morgan fingerprint density at radius 1 is 1.19 bits per heavy atom. The number of methoxy groups -OCH3 is 1. The summed E-state index contributed by atoms with van der Waals surface area (Å²) in [6.07, 6.45) is 0. The quantitative estimate of drug-likeness (QED) is 0.840. The Balaban J connectivity index is 2.22. The van der Waals surface area contributed by atoms with Crippen molar-refractivity contribution < 1.29 is 9.53 Å². The summed E-state index contributed by atoms with van der Waals surface area (Å²) in [4.78, 5) is 14.0.